The Bertz CT molecular complexity index is 401. The van der Waals surface area contributed by atoms with Crippen LogP contribution in [0.15, 0.2) is 12.1 Å². The molecule has 0 aliphatic heterocycles. The van der Waals surface area contributed by atoms with Gasteiger partial charge in [0.1, 0.15) is 5.82 Å². The fourth-order valence-electron chi connectivity index (χ4n) is 1.80. The normalized spacial score (nSPS) is 14.6. The molecule has 1 aromatic rings. The van der Waals surface area contributed by atoms with Crippen molar-refractivity contribution in [3.63, 3.8) is 0 Å². The van der Waals surface area contributed by atoms with Crippen LogP contribution in [0.1, 0.15) is 31.9 Å². The van der Waals surface area contributed by atoms with Gasteiger partial charge in [-0.15, -0.1) is 0 Å². The predicted molar refractivity (Wildman–Crippen MR) is 73.9 cm³/mol. The summed E-state index contributed by atoms with van der Waals surface area (Å²) in [5, 5.41) is 3.86. The van der Waals surface area contributed by atoms with E-state index in [1.807, 2.05) is 6.92 Å². The monoisotopic (exact) mass is 293 g/mol. The highest BCUT2D eigenvalue weighted by Gasteiger charge is 2.16. The summed E-state index contributed by atoms with van der Waals surface area (Å²) in [6.07, 6.45) is 0.922. The summed E-state index contributed by atoms with van der Waals surface area (Å²) in [5.41, 5.74) is 0.702. The van der Waals surface area contributed by atoms with E-state index >= 15 is 0 Å². The van der Waals surface area contributed by atoms with Gasteiger partial charge in [0.05, 0.1) is 11.6 Å². The van der Waals surface area contributed by atoms with Crippen LogP contribution in [0.25, 0.3) is 0 Å². The number of nitrogens with one attached hydrogen (secondary N) is 1. The van der Waals surface area contributed by atoms with Crippen LogP contribution in [0.3, 0.4) is 0 Å². The third-order valence-electron chi connectivity index (χ3n) is 2.85. The zero-order valence-corrected chi connectivity index (χ0v) is 12.3. The van der Waals surface area contributed by atoms with Crippen LogP contribution in [0, 0.1) is 5.82 Å². The number of ether oxygens (including phenoxy) is 1. The van der Waals surface area contributed by atoms with Gasteiger partial charge in [0.25, 0.3) is 0 Å². The summed E-state index contributed by atoms with van der Waals surface area (Å²) in [6, 6.07) is 2.95. The molecule has 0 saturated carbocycles. The van der Waals surface area contributed by atoms with Gasteiger partial charge >= 0.3 is 0 Å². The van der Waals surface area contributed by atoms with E-state index in [4.69, 9.17) is 27.9 Å². The Kier molecular flexibility index (Phi) is 6.36. The molecule has 0 aliphatic carbocycles. The van der Waals surface area contributed by atoms with E-state index in [1.165, 1.54) is 12.1 Å². The van der Waals surface area contributed by atoms with Crippen molar-refractivity contribution in [2.24, 2.45) is 0 Å². The van der Waals surface area contributed by atoms with Crippen molar-refractivity contribution < 1.29 is 9.13 Å². The Morgan fingerprint density at radius 1 is 1.33 bits per heavy atom. The summed E-state index contributed by atoms with van der Waals surface area (Å²) in [4.78, 5) is 0. The lowest BCUT2D eigenvalue weighted by molar-refractivity contribution is 0.159. The van der Waals surface area contributed by atoms with Gasteiger partial charge in [-0.2, -0.15) is 0 Å². The molecule has 0 fully saturated rings. The maximum atomic E-state index is 13.4. The molecule has 0 aromatic heterocycles. The molecular weight excluding hydrogens is 276 g/mol. The first-order valence-corrected chi connectivity index (χ1v) is 6.64. The maximum absolute atomic E-state index is 13.4. The van der Waals surface area contributed by atoms with Crippen molar-refractivity contribution in [3.8, 4) is 0 Å². The summed E-state index contributed by atoms with van der Waals surface area (Å²) >= 11 is 11.8. The zero-order valence-electron chi connectivity index (χ0n) is 10.8. The third-order valence-corrected chi connectivity index (χ3v) is 3.47. The molecule has 5 heteroatoms. The molecular formula is C13H18Cl2FNO. The average Bonchev–Trinajstić information content (AvgIpc) is 2.33. The van der Waals surface area contributed by atoms with Crippen molar-refractivity contribution in [1.29, 1.82) is 0 Å². The molecule has 0 heterocycles. The Hall–Kier alpha value is -0.350. The fourth-order valence-corrected chi connectivity index (χ4v) is 2.34. The average molecular weight is 294 g/mol. The van der Waals surface area contributed by atoms with Crippen LogP contribution in [-0.2, 0) is 4.74 Å². The molecule has 18 heavy (non-hydrogen) atoms. The first-order valence-electron chi connectivity index (χ1n) is 5.89. The van der Waals surface area contributed by atoms with E-state index in [9.17, 15) is 4.39 Å². The minimum Gasteiger partial charge on any atom is -0.383 e. The number of benzene rings is 1. The summed E-state index contributed by atoms with van der Waals surface area (Å²) in [6.45, 7) is 4.61. The van der Waals surface area contributed by atoms with Crippen LogP contribution in [-0.4, -0.2) is 19.8 Å². The van der Waals surface area contributed by atoms with Crippen LogP contribution in [0.2, 0.25) is 10.0 Å². The first-order chi connectivity index (χ1) is 8.49. The Morgan fingerprint density at radius 3 is 2.56 bits per heavy atom. The highest BCUT2D eigenvalue weighted by molar-refractivity contribution is 6.35. The molecule has 0 spiro atoms. The first kappa shape index (κ1) is 15.7. The molecule has 0 aliphatic rings. The lowest BCUT2D eigenvalue weighted by Gasteiger charge is -2.23. The lowest BCUT2D eigenvalue weighted by Crippen LogP contribution is -2.34. The second-order valence-corrected chi connectivity index (χ2v) is 5.05. The van der Waals surface area contributed by atoms with Gasteiger partial charge in [0.15, 0.2) is 0 Å². The SMILES string of the molecule is CCC(COC)NC(C)c1cc(F)c(Cl)cc1Cl. The highest BCUT2D eigenvalue weighted by Crippen LogP contribution is 2.28. The molecule has 1 N–H and O–H groups in total. The lowest BCUT2D eigenvalue weighted by atomic mass is 10.1. The Morgan fingerprint density at radius 2 is 2.00 bits per heavy atom. The van der Waals surface area contributed by atoms with E-state index in [0.717, 1.165) is 6.42 Å². The van der Waals surface area contributed by atoms with Gasteiger partial charge in [0, 0.05) is 24.2 Å². The molecule has 1 rings (SSSR count). The predicted octanol–water partition coefficient (Wildman–Crippen LogP) is 4.21. The number of hydrogen-bond donors (Lipinski definition) is 1. The molecule has 1 aromatic carbocycles. The van der Waals surface area contributed by atoms with Crippen molar-refractivity contribution in [3.05, 3.63) is 33.6 Å². The molecule has 2 unspecified atom stereocenters. The topological polar surface area (TPSA) is 21.3 Å². The van der Waals surface area contributed by atoms with Crippen LogP contribution >= 0.6 is 23.2 Å². The molecule has 102 valence electrons. The second-order valence-electron chi connectivity index (χ2n) is 4.24. The number of halogens is 3. The Labute approximate surface area is 117 Å². The third kappa shape index (κ3) is 4.09. The minimum absolute atomic E-state index is 0.0416. The van der Waals surface area contributed by atoms with Crippen LogP contribution in [0.5, 0.6) is 0 Å². The van der Waals surface area contributed by atoms with E-state index < -0.39 is 5.82 Å². The highest BCUT2D eigenvalue weighted by atomic mass is 35.5. The second kappa shape index (κ2) is 7.29. The smallest absolute Gasteiger partial charge is 0.142 e. The fraction of sp³-hybridized carbons (Fsp3) is 0.538. The van der Waals surface area contributed by atoms with Gasteiger partial charge in [-0.25, -0.2) is 4.39 Å². The maximum Gasteiger partial charge on any atom is 0.142 e. The van der Waals surface area contributed by atoms with E-state index in [0.29, 0.717) is 17.2 Å². The summed E-state index contributed by atoms with van der Waals surface area (Å²) in [5.74, 6) is -0.454. The van der Waals surface area contributed by atoms with Gasteiger partial charge in [-0.1, -0.05) is 30.1 Å². The molecule has 0 radical (unpaired) electrons. The van der Waals surface area contributed by atoms with Crippen molar-refractivity contribution in [1.82, 2.24) is 5.32 Å². The quantitative estimate of drug-likeness (QED) is 0.794. The summed E-state index contributed by atoms with van der Waals surface area (Å²) < 4.78 is 18.6. The number of rotatable bonds is 6. The van der Waals surface area contributed by atoms with Gasteiger partial charge < -0.3 is 10.1 Å². The van der Waals surface area contributed by atoms with E-state index in [-0.39, 0.29) is 17.1 Å². The molecule has 2 atom stereocenters. The van der Waals surface area contributed by atoms with Gasteiger partial charge in [-0.3, -0.25) is 0 Å². The van der Waals surface area contributed by atoms with E-state index in [1.54, 1.807) is 7.11 Å². The summed E-state index contributed by atoms with van der Waals surface area (Å²) in [7, 11) is 1.66. The van der Waals surface area contributed by atoms with Gasteiger partial charge in [0.2, 0.25) is 0 Å². The van der Waals surface area contributed by atoms with E-state index in [2.05, 4.69) is 12.2 Å². The number of hydrogen-bond acceptors (Lipinski definition) is 2. The largest absolute Gasteiger partial charge is 0.383 e. The van der Waals surface area contributed by atoms with Gasteiger partial charge in [-0.05, 0) is 31.0 Å². The minimum atomic E-state index is -0.454. The molecule has 2 nitrogen and oxygen atoms in total. The van der Waals surface area contributed by atoms with Crippen molar-refractivity contribution >= 4 is 23.2 Å². The van der Waals surface area contributed by atoms with Crippen LogP contribution < -0.4 is 5.32 Å². The molecule has 0 amide bonds. The number of methoxy groups -OCH3 is 1. The Balaban J connectivity index is 2.83. The van der Waals surface area contributed by atoms with Crippen molar-refractivity contribution in [2.45, 2.75) is 32.4 Å². The van der Waals surface area contributed by atoms with Crippen molar-refractivity contribution in [2.75, 3.05) is 13.7 Å². The zero-order chi connectivity index (χ0) is 13.7. The molecule has 0 saturated heterocycles. The molecule has 0 bridgehead atoms. The van der Waals surface area contributed by atoms with Crippen LogP contribution in [0.4, 0.5) is 4.39 Å². The standard InChI is InChI=1S/C13H18Cl2FNO/c1-4-9(7-18-3)17-8(2)10-5-13(16)12(15)6-11(10)14/h5-6,8-9,17H,4,7H2,1-3H3.